The molecule has 1 N–H and O–H groups in total. The Bertz CT molecular complexity index is 508. The van der Waals surface area contributed by atoms with E-state index in [-0.39, 0.29) is 5.91 Å². The highest BCUT2D eigenvalue weighted by atomic mass is 32.1. The van der Waals surface area contributed by atoms with Crippen LogP contribution >= 0.6 is 11.3 Å². The number of aromatic nitrogens is 1. The maximum Gasteiger partial charge on any atom is 0.220 e. The first-order valence-corrected chi connectivity index (χ1v) is 6.88. The number of hydrogen-bond acceptors (Lipinski definition) is 3. The van der Waals surface area contributed by atoms with E-state index in [4.69, 9.17) is 0 Å². The van der Waals surface area contributed by atoms with Gasteiger partial charge in [-0.25, -0.2) is 4.98 Å². The van der Waals surface area contributed by atoms with Gasteiger partial charge in [0.25, 0.3) is 0 Å². The number of carbonyl (C=O) groups excluding carboxylic acids is 1. The van der Waals surface area contributed by atoms with Crippen molar-refractivity contribution < 1.29 is 4.79 Å². The molecule has 0 fully saturated rings. The van der Waals surface area contributed by atoms with Crippen molar-refractivity contribution in [1.82, 2.24) is 10.3 Å². The molecule has 3 nitrogen and oxygen atoms in total. The third-order valence-corrected chi connectivity index (χ3v) is 3.47. The minimum Gasteiger partial charge on any atom is -0.350 e. The molecule has 0 saturated carbocycles. The van der Waals surface area contributed by atoms with Crippen molar-refractivity contribution in [2.75, 3.05) is 0 Å². The lowest BCUT2D eigenvalue weighted by Crippen LogP contribution is -2.23. The summed E-state index contributed by atoms with van der Waals surface area (Å²) in [4.78, 5) is 15.8. The fourth-order valence-electron chi connectivity index (χ4n) is 1.74. The van der Waals surface area contributed by atoms with Crippen LogP contribution in [0.3, 0.4) is 0 Å². The number of carbonyl (C=O) groups is 1. The molecule has 0 aliphatic carbocycles. The lowest BCUT2D eigenvalue weighted by atomic mass is 10.0. The normalized spacial score (nSPS) is 10.3. The molecule has 4 heteroatoms. The van der Waals surface area contributed by atoms with E-state index in [1.165, 1.54) is 11.1 Å². The second kappa shape index (κ2) is 6.31. The summed E-state index contributed by atoms with van der Waals surface area (Å²) in [6, 6.07) is 8.17. The van der Waals surface area contributed by atoms with Gasteiger partial charge in [0.15, 0.2) is 0 Å². The zero-order valence-corrected chi connectivity index (χ0v) is 11.2. The summed E-state index contributed by atoms with van der Waals surface area (Å²) in [5.74, 6) is 0.0752. The number of nitrogens with zero attached hydrogens (tertiary/aromatic N) is 1. The predicted octanol–water partition coefficient (Wildman–Crippen LogP) is 2.70. The number of rotatable bonds is 5. The van der Waals surface area contributed by atoms with Crippen LogP contribution in [0.4, 0.5) is 0 Å². The molecule has 0 atom stereocenters. The van der Waals surface area contributed by atoms with Crippen LogP contribution < -0.4 is 5.32 Å². The quantitative estimate of drug-likeness (QED) is 0.898. The van der Waals surface area contributed by atoms with E-state index < -0.39 is 0 Å². The third-order valence-electron chi connectivity index (χ3n) is 2.83. The topological polar surface area (TPSA) is 42.0 Å². The molecule has 0 radical (unpaired) electrons. The molecule has 0 unspecified atom stereocenters. The SMILES string of the molecule is Cc1ccccc1CCC(=O)NCc1cscn1. The van der Waals surface area contributed by atoms with E-state index in [9.17, 15) is 4.79 Å². The third kappa shape index (κ3) is 3.67. The number of amides is 1. The van der Waals surface area contributed by atoms with Crippen LogP contribution in [-0.2, 0) is 17.8 Å². The zero-order chi connectivity index (χ0) is 12.8. The fraction of sp³-hybridized carbons (Fsp3) is 0.286. The van der Waals surface area contributed by atoms with Crippen molar-refractivity contribution in [3.63, 3.8) is 0 Å². The summed E-state index contributed by atoms with van der Waals surface area (Å²) in [5, 5.41) is 4.83. The minimum atomic E-state index is 0.0752. The van der Waals surface area contributed by atoms with Crippen molar-refractivity contribution in [3.05, 3.63) is 52.0 Å². The Balaban J connectivity index is 1.77. The summed E-state index contributed by atoms with van der Waals surface area (Å²) in [6.45, 7) is 2.60. The Morgan fingerprint density at radius 3 is 2.94 bits per heavy atom. The smallest absolute Gasteiger partial charge is 0.220 e. The first-order chi connectivity index (χ1) is 8.75. The van der Waals surface area contributed by atoms with Crippen molar-refractivity contribution >= 4 is 17.2 Å². The summed E-state index contributed by atoms with van der Waals surface area (Å²) in [7, 11) is 0. The number of benzene rings is 1. The summed E-state index contributed by atoms with van der Waals surface area (Å²) in [5.41, 5.74) is 5.17. The lowest BCUT2D eigenvalue weighted by molar-refractivity contribution is -0.121. The van der Waals surface area contributed by atoms with Gasteiger partial charge in [-0.2, -0.15) is 0 Å². The highest BCUT2D eigenvalue weighted by molar-refractivity contribution is 7.07. The van der Waals surface area contributed by atoms with E-state index in [2.05, 4.69) is 29.4 Å². The second-order valence-corrected chi connectivity index (χ2v) is 4.90. The molecule has 2 rings (SSSR count). The lowest BCUT2D eigenvalue weighted by Gasteiger charge is -2.06. The van der Waals surface area contributed by atoms with Gasteiger partial charge >= 0.3 is 0 Å². The highest BCUT2D eigenvalue weighted by Gasteiger charge is 2.04. The molecule has 94 valence electrons. The van der Waals surface area contributed by atoms with Crippen LogP contribution in [0, 0.1) is 6.92 Å². The van der Waals surface area contributed by atoms with Gasteiger partial charge in [-0.05, 0) is 24.5 Å². The molecule has 1 aromatic heterocycles. The number of aryl methyl sites for hydroxylation is 2. The van der Waals surface area contributed by atoms with Gasteiger partial charge in [-0.3, -0.25) is 4.79 Å². The van der Waals surface area contributed by atoms with Gasteiger partial charge in [-0.1, -0.05) is 24.3 Å². The number of hydrogen-bond donors (Lipinski definition) is 1. The van der Waals surface area contributed by atoms with E-state index in [1.807, 2.05) is 17.5 Å². The first-order valence-electron chi connectivity index (χ1n) is 5.94. The molecular formula is C14H16N2OS. The van der Waals surface area contributed by atoms with Gasteiger partial charge in [-0.15, -0.1) is 11.3 Å². The van der Waals surface area contributed by atoms with Gasteiger partial charge in [0, 0.05) is 11.8 Å². The van der Waals surface area contributed by atoms with Gasteiger partial charge in [0.1, 0.15) is 0 Å². The first kappa shape index (κ1) is 12.8. The van der Waals surface area contributed by atoms with Crippen molar-refractivity contribution in [2.24, 2.45) is 0 Å². The molecule has 1 aromatic carbocycles. The molecule has 0 spiro atoms. The maximum absolute atomic E-state index is 11.7. The van der Waals surface area contributed by atoms with Crippen molar-refractivity contribution in [2.45, 2.75) is 26.3 Å². The number of thiazole rings is 1. The molecule has 0 bridgehead atoms. The Labute approximate surface area is 111 Å². The Morgan fingerprint density at radius 1 is 1.39 bits per heavy atom. The Hall–Kier alpha value is -1.68. The van der Waals surface area contributed by atoms with Crippen LogP contribution in [0.15, 0.2) is 35.2 Å². The predicted molar refractivity (Wildman–Crippen MR) is 73.5 cm³/mol. The number of nitrogens with one attached hydrogen (secondary N) is 1. The van der Waals surface area contributed by atoms with Gasteiger partial charge in [0.05, 0.1) is 17.7 Å². The zero-order valence-electron chi connectivity index (χ0n) is 10.3. The molecule has 18 heavy (non-hydrogen) atoms. The highest BCUT2D eigenvalue weighted by Crippen LogP contribution is 2.09. The minimum absolute atomic E-state index is 0.0752. The van der Waals surface area contributed by atoms with Crippen molar-refractivity contribution in [1.29, 1.82) is 0 Å². The van der Waals surface area contributed by atoms with E-state index in [1.54, 1.807) is 16.8 Å². The maximum atomic E-state index is 11.7. The summed E-state index contributed by atoms with van der Waals surface area (Å²) < 4.78 is 0. The Kier molecular flexibility index (Phi) is 4.47. The van der Waals surface area contributed by atoms with Crippen LogP contribution in [0.25, 0.3) is 0 Å². The van der Waals surface area contributed by atoms with Gasteiger partial charge in [0.2, 0.25) is 5.91 Å². The molecule has 0 saturated heterocycles. The standard InChI is InChI=1S/C14H16N2OS/c1-11-4-2-3-5-12(11)6-7-14(17)15-8-13-9-18-10-16-13/h2-5,9-10H,6-8H2,1H3,(H,15,17). The average molecular weight is 260 g/mol. The molecule has 1 heterocycles. The summed E-state index contributed by atoms with van der Waals surface area (Å²) >= 11 is 1.54. The van der Waals surface area contributed by atoms with Crippen LogP contribution in [0.5, 0.6) is 0 Å². The monoisotopic (exact) mass is 260 g/mol. The second-order valence-electron chi connectivity index (χ2n) is 4.18. The van der Waals surface area contributed by atoms with Crippen LogP contribution in [0.1, 0.15) is 23.2 Å². The Morgan fingerprint density at radius 2 is 2.22 bits per heavy atom. The van der Waals surface area contributed by atoms with Gasteiger partial charge < -0.3 is 5.32 Å². The van der Waals surface area contributed by atoms with E-state index in [0.717, 1.165) is 12.1 Å². The fourth-order valence-corrected chi connectivity index (χ4v) is 2.30. The molecular weight excluding hydrogens is 244 g/mol. The average Bonchev–Trinajstić information content (AvgIpc) is 2.88. The molecule has 1 amide bonds. The largest absolute Gasteiger partial charge is 0.350 e. The van der Waals surface area contributed by atoms with Crippen molar-refractivity contribution in [3.8, 4) is 0 Å². The molecule has 0 aliphatic heterocycles. The van der Waals surface area contributed by atoms with Crippen LogP contribution in [-0.4, -0.2) is 10.9 Å². The van der Waals surface area contributed by atoms with Crippen LogP contribution in [0.2, 0.25) is 0 Å². The molecule has 2 aromatic rings. The van der Waals surface area contributed by atoms with E-state index >= 15 is 0 Å². The molecule has 0 aliphatic rings. The van der Waals surface area contributed by atoms with E-state index in [0.29, 0.717) is 13.0 Å². The summed E-state index contributed by atoms with van der Waals surface area (Å²) in [6.07, 6.45) is 1.31.